The molecular formula is C7H12O6. The second-order valence-corrected chi connectivity index (χ2v) is 1.94. The van der Waals surface area contributed by atoms with Crippen LogP contribution in [0.5, 0.6) is 0 Å². The van der Waals surface area contributed by atoms with E-state index in [-0.39, 0.29) is 5.48 Å². The molecule has 0 saturated heterocycles. The molecule has 0 amide bonds. The van der Waals surface area contributed by atoms with Crippen LogP contribution >= 0.6 is 0 Å². The molecule has 1 unspecified atom stereocenters. The number of ether oxygens (including phenoxy) is 1. The van der Waals surface area contributed by atoms with Gasteiger partial charge in [0.1, 0.15) is 0 Å². The van der Waals surface area contributed by atoms with Gasteiger partial charge in [-0.1, -0.05) is 6.08 Å². The zero-order valence-corrected chi connectivity index (χ0v) is 7.06. The number of hydrogen-bond donors (Lipinski definition) is 2. The smallest absolute Gasteiger partial charge is 0.345 e. The van der Waals surface area contributed by atoms with Gasteiger partial charge in [0.05, 0.1) is 6.61 Å². The van der Waals surface area contributed by atoms with Crippen LogP contribution in [0.3, 0.4) is 0 Å². The van der Waals surface area contributed by atoms with Crippen LogP contribution in [-0.4, -0.2) is 40.3 Å². The summed E-state index contributed by atoms with van der Waals surface area (Å²) >= 11 is 0. The number of allylic oxidation sites excluding steroid dienone is 1. The lowest BCUT2D eigenvalue weighted by Crippen LogP contribution is -2.28. The lowest BCUT2D eigenvalue weighted by molar-refractivity contribution is -0.164. The standard InChI is InChI=1S/C7H10O5.H2O/c1-2-3-6(10)12-7(11)5(9)4-8;/h2-3,5,8-9H,4H2,1H3;1H2/b3-2+;. The summed E-state index contributed by atoms with van der Waals surface area (Å²) in [7, 11) is 0. The zero-order chi connectivity index (χ0) is 9.56. The molecule has 0 spiro atoms. The minimum atomic E-state index is -1.65. The van der Waals surface area contributed by atoms with Gasteiger partial charge in [-0.15, -0.1) is 0 Å². The Morgan fingerprint density at radius 2 is 2.08 bits per heavy atom. The number of rotatable bonds is 3. The summed E-state index contributed by atoms with van der Waals surface area (Å²) in [6.07, 6.45) is 0.766. The number of hydrogen-bond acceptors (Lipinski definition) is 5. The predicted octanol–water partition coefficient (Wildman–Crippen LogP) is -1.84. The van der Waals surface area contributed by atoms with Gasteiger partial charge in [-0.25, -0.2) is 9.59 Å². The fourth-order valence-electron chi connectivity index (χ4n) is 0.412. The summed E-state index contributed by atoms with van der Waals surface area (Å²) in [5, 5.41) is 16.9. The zero-order valence-electron chi connectivity index (χ0n) is 7.06. The van der Waals surface area contributed by atoms with E-state index in [2.05, 4.69) is 4.74 Å². The second-order valence-electron chi connectivity index (χ2n) is 1.94. The molecule has 0 radical (unpaired) electrons. The maximum atomic E-state index is 10.6. The van der Waals surface area contributed by atoms with Gasteiger partial charge in [-0.05, 0) is 6.92 Å². The van der Waals surface area contributed by atoms with Crippen molar-refractivity contribution in [2.24, 2.45) is 0 Å². The molecule has 76 valence electrons. The van der Waals surface area contributed by atoms with Crippen molar-refractivity contribution in [2.75, 3.05) is 6.61 Å². The van der Waals surface area contributed by atoms with Gasteiger partial charge >= 0.3 is 11.9 Å². The van der Waals surface area contributed by atoms with E-state index in [1.165, 1.54) is 6.08 Å². The van der Waals surface area contributed by atoms with Crippen LogP contribution in [0.25, 0.3) is 0 Å². The van der Waals surface area contributed by atoms with Gasteiger partial charge in [0.15, 0.2) is 6.10 Å². The molecule has 0 aliphatic heterocycles. The third-order valence-corrected chi connectivity index (χ3v) is 0.949. The Morgan fingerprint density at radius 3 is 2.46 bits per heavy atom. The van der Waals surface area contributed by atoms with E-state index in [0.29, 0.717) is 0 Å². The van der Waals surface area contributed by atoms with Gasteiger partial charge in [-0.2, -0.15) is 0 Å². The first-order valence-corrected chi connectivity index (χ1v) is 3.29. The van der Waals surface area contributed by atoms with Crippen LogP contribution in [0, 0.1) is 0 Å². The molecule has 13 heavy (non-hydrogen) atoms. The molecule has 0 rings (SSSR count). The number of esters is 2. The Labute approximate surface area is 74.7 Å². The molecule has 0 fully saturated rings. The molecule has 0 aliphatic rings. The highest BCUT2D eigenvalue weighted by atomic mass is 16.6. The topological polar surface area (TPSA) is 115 Å². The molecule has 0 heterocycles. The second kappa shape index (κ2) is 7.41. The molecule has 4 N–H and O–H groups in total. The van der Waals surface area contributed by atoms with Gasteiger partial charge in [0.25, 0.3) is 0 Å². The Kier molecular flexibility index (Phi) is 8.15. The molecule has 6 nitrogen and oxygen atoms in total. The Morgan fingerprint density at radius 1 is 1.54 bits per heavy atom. The monoisotopic (exact) mass is 192 g/mol. The van der Waals surface area contributed by atoms with Crippen LogP contribution in [-0.2, 0) is 14.3 Å². The van der Waals surface area contributed by atoms with Crippen LogP contribution in [0.4, 0.5) is 0 Å². The fraction of sp³-hybridized carbons (Fsp3) is 0.429. The van der Waals surface area contributed by atoms with Crippen LogP contribution in [0.2, 0.25) is 0 Å². The lowest BCUT2D eigenvalue weighted by Gasteiger charge is -2.03. The van der Waals surface area contributed by atoms with Crippen LogP contribution in [0.15, 0.2) is 12.2 Å². The van der Waals surface area contributed by atoms with E-state index in [4.69, 9.17) is 10.2 Å². The molecule has 0 aromatic rings. The van der Waals surface area contributed by atoms with Crippen molar-refractivity contribution in [3.8, 4) is 0 Å². The van der Waals surface area contributed by atoms with Crippen LogP contribution < -0.4 is 0 Å². The van der Waals surface area contributed by atoms with E-state index in [1.54, 1.807) is 6.92 Å². The van der Waals surface area contributed by atoms with Crippen molar-refractivity contribution in [3.63, 3.8) is 0 Å². The third kappa shape index (κ3) is 5.97. The quantitative estimate of drug-likeness (QED) is 0.309. The van der Waals surface area contributed by atoms with Crippen molar-refractivity contribution < 1.29 is 30.0 Å². The highest BCUT2D eigenvalue weighted by Crippen LogP contribution is 1.89. The third-order valence-electron chi connectivity index (χ3n) is 0.949. The van der Waals surface area contributed by atoms with E-state index >= 15 is 0 Å². The Balaban J connectivity index is 0. The minimum Gasteiger partial charge on any atom is -0.412 e. The molecule has 0 aromatic carbocycles. The highest BCUT2D eigenvalue weighted by molar-refractivity contribution is 5.93. The van der Waals surface area contributed by atoms with Gasteiger partial charge in [0, 0.05) is 6.08 Å². The number of aliphatic hydroxyl groups excluding tert-OH is 2. The molecule has 6 heteroatoms. The predicted molar refractivity (Wildman–Crippen MR) is 42.6 cm³/mol. The van der Waals surface area contributed by atoms with Gasteiger partial charge in [-0.3, -0.25) is 0 Å². The molecular weight excluding hydrogens is 180 g/mol. The van der Waals surface area contributed by atoms with Crippen molar-refractivity contribution in [1.29, 1.82) is 0 Å². The maximum absolute atomic E-state index is 10.6. The minimum absolute atomic E-state index is 0. The average Bonchev–Trinajstić information content (AvgIpc) is 2.03. The normalized spacial score (nSPS) is 11.9. The first-order valence-electron chi connectivity index (χ1n) is 3.29. The molecule has 1 atom stereocenters. The number of aliphatic hydroxyl groups is 2. The largest absolute Gasteiger partial charge is 0.412 e. The number of carbonyl (C=O) groups excluding carboxylic acids is 2. The molecule has 0 bridgehead atoms. The summed E-state index contributed by atoms with van der Waals surface area (Å²) in [5.74, 6) is -2.02. The van der Waals surface area contributed by atoms with Crippen molar-refractivity contribution in [1.82, 2.24) is 0 Å². The summed E-state index contributed by atoms with van der Waals surface area (Å²) < 4.78 is 4.07. The molecule has 0 aromatic heterocycles. The summed E-state index contributed by atoms with van der Waals surface area (Å²) in [4.78, 5) is 21.1. The molecule has 0 saturated carbocycles. The molecule has 0 aliphatic carbocycles. The summed E-state index contributed by atoms with van der Waals surface area (Å²) in [6.45, 7) is 0.816. The summed E-state index contributed by atoms with van der Waals surface area (Å²) in [6, 6.07) is 0. The fourth-order valence-corrected chi connectivity index (χ4v) is 0.412. The van der Waals surface area contributed by atoms with Gasteiger partial charge < -0.3 is 20.4 Å². The van der Waals surface area contributed by atoms with E-state index in [9.17, 15) is 9.59 Å². The maximum Gasteiger partial charge on any atom is 0.345 e. The van der Waals surface area contributed by atoms with Gasteiger partial charge in [0.2, 0.25) is 0 Å². The lowest BCUT2D eigenvalue weighted by atomic mass is 10.4. The summed E-state index contributed by atoms with van der Waals surface area (Å²) in [5.41, 5.74) is 0. The Bertz CT molecular complexity index is 197. The SMILES string of the molecule is C/C=C/C(=O)OC(=O)C(O)CO.O. The Hall–Kier alpha value is -1.24. The van der Waals surface area contributed by atoms with Crippen molar-refractivity contribution in [3.05, 3.63) is 12.2 Å². The van der Waals surface area contributed by atoms with Crippen molar-refractivity contribution in [2.45, 2.75) is 13.0 Å². The van der Waals surface area contributed by atoms with Crippen LogP contribution in [0.1, 0.15) is 6.92 Å². The van der Waals surface area contributed by atoms with E-state index in [0.717, 1.165) is 6.08 Å². The van der Waals surface area contributed by atoms with E-state index in [1.807, 2.05) is 0 Å². The number of carbonyl (C=O) groups is 2. The van der Waals surface area contributed by atoms with Crippen molar-refractivity contribution >= 4 is 11.9 Å². The van der Waals surface area contributed by atoms with E-state index < -0.39 is 24.6 Å². The average molecular weight is 192 g/mol. The highest BCUT2D eigenvalue weighted by Gasteiger charge is 2.17. The first-order chi connectivity index (χ1) is 5.61. The first kappa shape index (κ1) is 14.3.